The van der Waals surface area contributed by atoms with Gasteiger partial charge >= 0.3 is 0 Å². The lowest BCUT2D eigenvalue weighted by Crippen LogP contribution is -1.86. The summed E-state index contributed by atoms with van der Waals surface area (Å²) in [5.74, 6) is 0.961. The Labute approximate surface area is 84.8 Å². The van der Waals surface area contributed by atoms with Crippen LogP contribution < -0.4 is 4.74 Å². The first-order valence-electron chi connectivity index (χ1n) is 3.96. The molecule has 0 fully saturated rings. The second kappa shape index (κ2) is 6.61. The third kappa shape index (κ3) is 3.55. The van der Waals surface area contributed by atoms with Crippen molar-refractivity contribution in [2.24, 2.45) is 0 Å². The standard InChI is InChI=1S/C9H12OS.C2H4/c1-7-6-8(11-3)4-5-9(7)10-2;1-2/h4-6H,1-3H3;1-2H2. The Morgan fingerprint density at radius 1 is 1.31 bits per heavy atom. The first-order chi connectivity index (χ1) is 6.27. The van der Waals surface area contributed by atoms with Crippen molar-refractivity contribution in [3.8, 4) is 5.75 Å². The molecular weight excluding hydrogens is 180 g/mol. The van der Waals surface area contributed by atoms with Gasteiger partial charge in [0.15, 0.2) is 0 Å². The highest BCUT2D eigenvalue weighted by Crippen LogP contribution is 2.23. The van der Waals surface area contributed by atoms with Gasteiger partial charge in [-0.1, -0.05) is 0 Å². The van der Waals surface area contributed by atoms with Crippen LogP contribution in [0.4, 0.5) is 0 Å². The molecule has 1 nitrogen and oxygen atoms in total. The Morgan fingerprint density at radius 3 is 2.31 bits per heavy atom. The summed E-state index contributed by atoms with van der Waals surface area (Å²) in [6.07, 6.45) is 2.07. The number of hydrogen-bond donors (Lipinski definition) is 0. The van der Waals surface area contributed by atoms with Crippen LogP contribution in [0.1, 0.15) is 5.56 Å². The highest BCUT2D eigenvalue weighted by Gasteiger charge is 1.97. The molecule has 0 aliphatic carbocycles. The normalized spacial score (nSPS) is 8.54. The largest absolute Gasteiger partial charge is 0.496 e. The molecule has 0 saturated heterocycles. The predicted octanol–water partition coefficient (Wildman–Crippen LogP) is 3.53. The van der Waals surface area contributed by atoms with Crippen LogP contribution in [0.25, 0.3) is 0 Å². The Bertz CT molecular complexity index is 258. The highest BCUT2D eigenvalue weighted by atomic mass is 32.2. The van der Waals surface area contributed by atoms with Crippen molar-refractivity contribution in [2.45, 2.75) is 11.8 Å². The van der Waals surface area contributed by atoms with Crippen molar-refractivity contribution in [3.05, 3.63) is 36.9 Å². The molecule has 0 heterocycles. The van der Waals surface area contributed by atoms with Crippen LogP contribution in [0.2, 0.25) is 0 Å². The average molecular weight is 196 g/mol. The van der Waals surface area contributed by atoms with Crippen LogP contribution in [0, 0.1) is 6.92 Å². The van der Waals surface area contributed by atoms with E-state index in [0.717, 1.165) is 5.75 Å². The van der Waals surface area contributed by atoms with Gasteiger partial charge in [-0.05, 0) is 36.9 Å². The van der Waals surface area contributed by atoms with Crippen molar-refractivity contribution in [1.82, 2.24) is 0 Å². The van der Waals surface area contributed by atoms with Crippen molar-refractivity contribution in [2.75, 3.05) is 13.4 Å². The van der Waals surface area contributed by atoms with Crippen LogP contribution >= 0.6 is 11.8 Å². The van der Waals surface area contributed by atoms with Gasteiger partial charge in [0, 0.05) is 4.90 Å². The monoisotopic (exact) mass is 196 g/mol. The topological polar surface area (TPSA) is 9.23 Å². The van der Waals surface area contributed by atoms with Gasteiger partial charge in [0.1, 0.15) is 5.75 Å². The van der Waals surface area contributed by atoms with Crippen LogP contribution in [-0.4, -0.2) is 13.4 Å². The molecule has 2 heteroatoms. The fourth-order valence-electron chi connectivity index (χ4n) is 0.978. The van der Waals surface area contributed by atoms with Gasteiger partial charge in [0.2, 0.25) is 0 Å². The van der Waals surface area contributed by atoms with E-state index in [1.54, 1.807) is 18.9 Å². The molecular formula is C11H16OS. The molecule has 0 radical (unpaired) electrons. The fourth-order valence-corrected chi connectivity index (χ4v) is 1.48. The summed E-state index contributed by atoms with van der Waals surface area (Å²) in [4.78, 5) is 1.28. The number of methoxy groups -OCH3 is 1. The zero-order valence-electron chi connectivity index (χ0n) is 8.46. The summed E-state index contributed by atoms with van der Waals surface area (Å²) in [6, 6.07) is 6.20. The van der Waals surface area contributed by atoms with Crippen LogP contribution in [0.15, 0.2) is 36.3 Å². The lowest BCUT2D eigenvalue weighted by Gasteiger charge is -2.04. The molecule has 1 rings (SSSR count). The molecule has 0 atom stereocenters. The maximum Gasteiger partial charge on any atom is 0.121 e. The molecule has 0 saturated carbocycles. The number of thioether (sulfide) groups is 1. The molecule has 0 aliphatic heterocycles. The SMILES string of the molecule is C=C.COc1ccc(SC)cc1C. The van der Waals surface area contributed by atoms with E-state index in [4.69, 9.17) is 4.74 Å². The molecule has 0 aromatic heterocycles. The van der Waals surface area contributed by atoms with Crippen LogP contribution in [0.3, 0.4) is 0 Å². The lowest BCUT2D eigenvalue weighted by molar-refractivity contribution is 0.411. The Kier molecular flexibility index (Phi) is 6.15. The minimum absolute atomic E-state index is 0.961. The molecule has 1 aromatic rings. The average Bonchev–Trinajstić information content (AvgIpc) is 2.20. The van der Waals surface area contributed by atoms with E-state index < -0.39 is 0 Å². The third-order valence-electron chi connectivity index (χ3n) is 1.60. The van der Waals surface area contributed by atoms with Crippen molar-refractivity contribution < 1.29 is 4.74 Å². The van der Waals surface area contributed by atoms with Gasteiger partial charge in [0.05, 0.1) is 7.11 Å². The number of aryl methyl sites for hydroxylation is 1. The van der Waals surface area contributed by atoms with Gasteiger partial charge in [-0.15, -0.1) is 24.9 Å². The van der Waals surface area contributed by atoms with E-state index >= 15 is 0 Å². The van der Waals surface area contributed by atoms with Crippen LogP contribution in [0.5, 0.6) is 5.75 Å². The highest BCUT2D eigenvalue weighted by molar-refractivity contribution is 7.98. The van der Waals surface area contributed by atoms with Gasteiger partial charge < -0.3 is 4.74 Å². The summed E-state index contributed by atoms with van der Waals surface area (Å²) in [5, 5.41) is 0. The Hall–Kier alpha value is -0.890. The van der Waals surface area contributed by atoms with Gasteiger partial charge in [0.25, 0.3) is 0 Å². The maximum atomic E-state index is 5.14. The molecule has 0 N–H and O–H groups in total. The fraction of sp³-hybridized carbons (Fsp3) is 0.273. The molecule has 0 amide bonds. The quantitative estimate of drug-likeness (QED) is 0.528. The second-order valence-electron chi connectivity index (χ2n) is 2.34. The van der Waals surface area contributed by atoms with Crippen molar-refractivity contribution in [3.63, 3.8) is 0 Å². The number of ether oxygens (including phenoxy) is 1. The Balaban J connectivity index is 0.000000671. The second-order valence-corrected chi connectivity index (χ2v) is 3.22. The van der Waals surface area contributed by atoms with Crippen molar-refractivity contribution >= 4 is 11.8 Å². The number of rotatable bonds is 2. The van der Waals surface area contributed by atoms with E-state index in [1.165, 1.54) is 10.5 Å². The molecule has 0 spiro atoms. The van der Waals surface area contributed by atoms with E-state index in [9.17, 15) is 0 Å². The van der Waals surface area contributed by atoms with Gasteiger partial charge in [-0.3, -0.25) is 0 Å². The van der Waals surface area contributed by atoms with E-state index in [0.29, 0.717) is 0 Å². The number of hydrogen-bond acceptors (Lipinski definition) is 2. The third-order valence-corrected chi connectivity index (χ3v) is 2.33. The summed E-state index contributed by atoms with van der Waals surface area (Å²) < 4.78 is 5.14. The zero-order valence-corrected chi connectivity index (χ0v) is 9.28. The molecule has 0 bridgehead atoms. The summed E-state index contributed by atoms with van der Waals surface area (Å²) >= 11 is 1.75. The minimum atomic E-state index is 0.961. The molecule has 0 aliphatic rings. The summed E-state index contributed by atoms with van der Waals surface area (Å²) in [5.41, 5.74) is 1.19. The van der Waals surface area contributed by atoms with Crippen LogP contribution in [-0.2, 0) is 0 Å². The van der Waals surface area contributed by atoms with Gasteiger partial charge in [-0.25, -0.2) is 0 Å². The zero-order chi connectivity index (χ0) is 10.3. The summed E-state index contributed by atoms with van der Waals surface area (Å²) in [7, 11) is 1.70. The van der Waals surface area contributed by atoms with E-state index in [2.05, 4.69) is 38.5 Å². The van der Waals surface area contributed by atoms with Crippen molar-refractivity contribution in [1.29, 1.82) is 0 Å². The first kappa shape index (κ1) is 12.1. The molecule has 0 unspecified atom stereocenters. The number of benzene rings is 1. The maximum absolute atomic E-state index is 5.14. The minimum Gasteiger partial charge on any atom is -0.496 e. The Morgan fingerprint density at radius 2 is 1.92 bits per heavy atom. The van der Waals surface area contributed by atoms with E-state index in [-0.39, 0.29) is 0 Å². The van der Waals surface area contributed by atoms with E-state index in [1.807, 2.05) is 6.07 Å². The molecule has 72 valence electrons. The smallest absolute Gasteiger partial charge is 0.121 e. The predicted molar refractivity (Wildman–Crippen MR) is 60.8 cm³/mol. The first-order valence-corrected chi connectivity index (χ1v) is 5.19. The molecule has 13 heavy (non-hydrogen) atoms. The summed E-state index contributed by atoms with van der Waals surface area (Å²) in [6.45, 7) is 8.05. The lowest BCUT2D eigenvalue weighted by atomic mass is 10.2. The van der Waals surface area contributed by atoms with Gasteiger partial charge in [-0.2, -0.15) is 0 Å². The molecule has 1 aromatic carbocycles.